The topological polar surface area (TPSA) is 123 Å². The van der Waals surface area contributed by atoms with Gasteiger partial charge in [0, 0.05) is 67.5 Å². The van der Waals surface area contributed by atoms with Crippen molar-refractivity contribution in [1.29, 1.82) is 0 Å². The molecule has 3 aromatic carbocycles. The highest BCUT2D eigenvalue weighted by molar-refractivity contribution is 5.66. The Bertz CT molecular complexity index is 2160. The molecule has 0 saturated carbocycles. The monoisotopic (exact) mass is 700 g/mol. The van der Waals surface area contributed by atoms with Crippen molar-refractivity contribution in [1.82, 2.24) is 39.5 Å². The normalized spacial score (nSPS) is 14.9. The van der Waals surface area contributed by atoms with Crippen molar-refractivity contribution in [2.45, 2.75) is 31.5 Å². The number of aryl methyl sites for hydroxylation is 1. The van der Waals surface area contributed by atoms with Crippen LogP contribution in [0.4, 0.5) is 28.9 Å². The van der Waals surface area contributed by atoms with Crippen LogP contribution in [0.5, 0.6) is 0 Å². The first-order chi connectivity index (χ1) is 24.6. The van der Waals surface area contributed by atoms with Crippen LogP contribution in [0.15, 0.2) is 103 Å². The van der Waals surface area contributed by atoms with Crippen molar-refractivity contribution in [3.05, 3.63) is 131 Å². The Hall–Kier alpha value is -5.90. The Labute approximate surface area is 288 Å². The van der Waals surface area contributed by atoms with Gasteiger partial charge in [0.2, 0.25) is 0 Å². The molecule has 0 radical (unpaired) electrons. The van der Waals surface area contributed by atoms with Crippen molar-refractivity contribution in [3.63, 3.8) is 0 Å². The second kappa shape index (κ2) is 13.4. The quantitative estimate of drug-likeness (QED) is 0.208. The summed E-state index contributed by atoms with van der Waals surface area (Å²) in [5, 5.41) is 25.9. The van der Waals surface area contributed by atoms with Gasteiger partial charge in [-0.2, -0.15) is 13.9 Å². The van der Waals surface area contributed by atoms with Crippen LogP contribution in [-0.2, 0) is 24.6 Å². The summed E-state index contributed by atoms with van der Waals surface area (Å²) in [6, 6.07) is 20.0. The number of piperazine rings is 1. The highest BCUT2D eigenvalue weighted by Crippen LogP contribution is 2.47. The van der Waals surface area contributed by atoms with Gasteiger partial charge in [-0.15, -0.1) is 5.10 Å². The van der Waals surface area contributed by atoms with Crippen LogP contribution in [0, 0.1) is 11.6 Å². The molecule has 0 amide bonds. The Balaban J connectivity index is 1.02. The van der Waals surface area contributed by atoms with E-state index in [0.29, 0.717) is 18.2 Å². The minimum absolute atomic E-state index is 0.178. The number of rotatable bonds is 10. The fraction of sp³-hybridized carbons (Fsp3) is 0.257. The van der Waals surface area contributed by atoms with Crippen LogP contribution >= 0.6 is 0 Å². The van der Waals surface area contributed by atoms with Gasteiger partial charge in [-0.05, 0) is 77.5 Å². The fourth-order valence-electron chi connectivity index (χ4n) is 6.27. The molecule has 1 N–H and O–H groups in total. The summed E-state index contributed by atoms with van der Waals surface area (Å²) in [6.45, 7) is 4.57. The second-order valence-corrected chi connectivity index (χ2v) is 12.1. The van der Waals surface area contributed by atoms with Gasteiger partial charge in [-0.1, -0.05) is 18.2 Å². The van der Waals surface area contributed by atoms with Gasteiger partial charge in [0.15, 0.2) is 5.60 Å². The van der Waals surface area contributed by atoms with Crippen molar-refractivity contribution in [2.75, 3.05) is 36.0 Å². The van der Waals surface area contributed by atoms with Crippen LogP contribution in [-0.4, -0.2) is 70.8 Å². The Kier molecular flexibility index (Phi) is 8.85. The van der Waals surface area contributed by atoms with Crippen LogP contribution < -0.4 is 15.5 Å². The van der Waals surface area contributed by atoms with E-state index >= 15 is 8.78 Å². The number of aromatic nitrogens is 8. The van der Waals surface area contributed by atoms with E-state index in [9.17, 15) is 18.7 Å². The van der Waals surface area contributed by atoms with Gasteiger partial charge in [0.1, 0.15) is 30.0 Å². The molecule has 1 saturated heterocycles. The fourth-order valence-corrected chi connectivity index (χ4v) is 6.27. The molecule has 0 bridgehead atoms. The average molecular weight is 701 g/mol. The predicted octanol–water partition coefficient (Wildman–Crippen LogP) is 4.39. The lowest BCUT2D eigenvalue weighted by Crippen LogP contribution is -2.48. The second-order valence-electron chi connectivity index (χ2n) is 12.1. The maximum absolute atomic E-state index is 16.1. The van der Waals surface area contributed by atoms with Gasteiger partial charge in [0.25, 0.3) is 0 Å². The lowest BCUT2D eigenvalue weighted by Gasteiger charge is -2.37. The van der Waals surface area contributed by atoms with Crippen molar-refractivity contribution < 1.29 is 22.7 Å². The summed E-state index contributed by atoms with van der Waals surface area (Å²) >= 11 is 0. The first kappa shape index (κ1) is 33.6. The van der Waals surface area contributed by atoms with Gasteiger partial charge in [-0.25, -0.2) is 27.5 Å². The van der Waals surface area contributed by atoms with Gasteiger partial charge < -0.3 is 14.9 Å². The number of aliphatic hydroxyl groups is 1. The zero-order valence-electron chi connectivity index (χ0n) is 27.3. The van der Waals surface area contributed by atoms with E-state index < -0.39 is 41.0 Å². The molecule has 1 aliphatic heterocycles. The third-order valence-electron chi connectivity index (χ3n) is 9.13. The molecule has 1 unspecified atom stereocenters. The molecule has 7 rings (SSSR count). The highest BCUT2D eigenvalue weighted by atomic mass is 19.3. The lowest BCUT2D eigenvalue weighted by atomic mass is 9.84. The van der Waals surface area contributed by atoms with Crippen LogP contribution in [0.1, 0.15) is 18.2 Å². The molecular weight excluding hydrogens is 668 g/mol. The molecule has 3 aromatic heterocycles. The summed E-state index contributed by atoms with van der Waals surface area (Å²) in [5.41, 5.74) is -0.952. The van der Waals surface area contributed by atoms with E-state index in [4.69, 9.17) is 0 Å². The number of anilines is 2. The summed E-state index contributed by atoms with van der Waals surface area (Å²) in [4.78, 5) is 20.9. The highest BCUT2D eigenvalue weighted by Gasteiger charge is 2.58. The third-order valence-corrected chi connectivity index (χ3v) is 9.13. The Morgan fingerprint density at radius 1 is 0.804 bits per heavy atom. The first-order valence-electron chi connectivity index (χ1n) is 16.2. The van der Waals surface area contributed by atoms with E-state index in [1.165, 1.54) is 27.8 Å². The summed E-state index contributed by atoms with van der Waals surface area (Å²) < 4.78 is 64.5. The molecule has 12 nitrogen and oxygen atoms in total. The van der Waals surface area contributed by atoms with Gasteiger partial charge in [-0.3, -0.25) is 4.98 Å². The zero-order chi connectivity index (χ0) is 35.8. The smallest absolute Gasteiger partial charge is 0.350 e. The molecule has 51 heavy (non-hydrogen) atoms. The molecular formula is C35H32F4N10O2. The molecule has 16 heteroatoms. The SMILES string of the molecule is CCn1ncn(-c2ccc(N3CCN(c4ccc(-c5ccc(C(F)(F)C(O)(Cn6cnnn6)c6ccc(F)cc6F)nc5)cc4)CC3)cc2)c1=O. The molecule has 4 heterocycles. The minimum atomic E-state index is -4.15. The molecule has 262 valence electrons. The predicted molar refractivity (Wildman–Crippen MR) is 180 cm³/mol. The number of pyridine rings is 1. The third kappa shape index (κ3) is 6.33. The van der Waals surface area contributed by atoms with Gasteiger partial charge in [0.05, 0.1) is 12.2 Å². The number of hydrogen-bond donors (Lipinski definition) is 1. The largest absolute Gasteiger partial charge is 0.377 e. The number of nitrogens with zero attached hydrogens (tertiary/aromatic N) is 10. The molecule has 1 fully saturated rings. The van der Waals surface area contributed by atoms with Crippen LogP contribution in [0.2, 0.25) is 0 Å². The zero-order valence-corrected chi connectivity index (χ0v) is 27.3. The van der Waals surface area contributed by atoms with E-state index in [1.807, 2.05) is 55.5 Å². The van der Waals surface area contributed by atoms with Crippen molar-refractivity contribution in [3.8, 4) is 16.8 Å². The molecule has 1 aliphatic rings. The lowest BCUT2D eigenvalue weighted by molar-refractivity contribution is -0.207. The maximum Gasteiger partial charge on any atom is 0.350 e. The van der Waals surface area contributed by atoms with Crippen LogP contribution in [0.25, 0.3) is 16.8 Å². The molecule has 0 aliphatic carbocycles. The first-order valence-corrected chi connectivity index (χ1v) is 16.2. The summed E-state index contributed by atoms with van der Waals surface area (Å²) in [5.74, 6) is -6.49. The Morgan fingerprint density at radius 2 is 1.43 bits per heavy atom. The number of hydrogen-bond acceptors (Lipinski definition) is 9. The van der Waals surface area contributed by atoms with E-state index in [1.54, 1.807) is 0 Å². The van der Waals surface area contributed by atoms with Gasteiger partial charge >= 0.3 is 11.6 Å². The number of benzene rings is 3. The number of halogens is 4. The van der Waals surface area contributed by atoms with E-state index in [0.717, 1.165) is 78.0 Å². The average Bonchev–Trinajstić information content (AvgIpc) is 3.80. The number of alkyl halides is 2. The standard InChI is InChI=1S/C35H32F4N10O2/c1-2-49-33(50)48(23-42-49)29-11-9-28(10-12-29)46-17-15-45(16-18-46)27-7-3-24(4-8-27)25-5-14-32(40-20-25)35(38,39)34(51,21-47-22-41-43-44-47)30-13-6-26(36)19-31(30)37/h3-14,19-20,22-23,51H,2,15-18,21H2,1H3. The van der Waals surface area contributed by atoms with E-state index in [-0.39, 0.29) is 5.69 Å². The van der Waals surface area contributed by atoms with Crippen molar-refractivity contribution in [2.24, 2.45) is 0 Å². The molecule has 0 spiro atoms. The van der Waals surface area contributed by atoms with Crippen molar-refractivity contribution >= 4 is 11.4 Å². The molecule has 1 atom stereocenters. The minimum Gasteiger partial charge on any atom is -0.377 e. The van der Waals surface area contributed by atoms with E-state index in [2.05, 4.69) is 35.4 Å². The summed E-state index contributed by atoms with van der Waals surface area (Å²) in [6.07, 6.45) is 3.78. The maximum atomic E-state index is 16.1. The molecule has 6 aromatic rings. The number of tetrazole rings is 1. The Morgan fingerprint density at radius 3 is 1.98 bits per heavy atom. The summed E-state index contributed by atoms with van der Waals surface area (Å²) in [7, 11) is 0. The van der Waals surface area contributed by atoms with Crippen LogP contribution in [0.3, 0.4) is 0 Å².